The molecule has 1 aliphatic heterocycles. The molecule has 0 fully saturated rings. The number of nitrogens with one attached hydrogen (secondary N) is 2. The minimum absolute atomic E-state index is 0.671. The van der Waals surface area contributed by atoms with Crippen molar-refractivity contribution < 1.29 is 0 Å². The van der Waals surface area contributed by atoms with Crippen LogP contribution >= 0.6 is 24.0 Å². The smallest absolute Gasteiger partial charge is 0.170 e. The first kappa shape index (κ1) is 18.2. The van der Waals surface area contributed by atoms with Crippen LogP contribution in [0, 0.1) is 0 Å². The van der Waals surface area contributed by atoms with Crippen LogP contribution in [0.25, 0.3) is 11.4 Å². The molecule has 1 aromatic heterocycles. The van der Waals surface area contributed by atoms with Gasteiger partial charge in [-0.15, -0.1) is 10.2 Å². The fourth-order valence-corrected chi connectivity index (χ4v) is 3.65. The van der Waals surface area contributed by atoms with Gasteiger partial charge in [-0.3, -0.25) is 0 Å². The Hall–Kier alpha value is -1.60. The van der Waals surface area contributed by atoms with Gasteiger partial charge < -0.3 is 15.2 Å². The standard InChI is InChI=1S/C18H25N5S2/c1-25-13-5-11-19-18(24)20-15-9-7-14(8-10-15)17-22-21-16-6-3-2-4-12-23(16)17/h7-10H,2-6,11-13H2,1H3,(H2,19,20,24). The third kappa shape index (κ3) is 4.95. The number of aromatic nitrogens is 3. The van der Waals surface area contributed by atoms with Gasteiger partial charge in [0.15, 0.2) is 10.9 Å². The topological polar surface area (TPSA) is 54.8 Å². The number of thiocarbonyl (C=S) groups is 1. The first-order chi connectivity index (χ1) is 12.3. The quantitative estimate of drug-likeness (QED) is 0.593. The van der Waals surface area contributed by atoms with E-state index in [-0.39, 0.29) is 0 Å². The van der Waals surface area contributed by atoms with Crippen molar-refractivity contribution in [3.8, 4) is 11.4 Å². The summed E-state index contributed by atoms with van der Waals surface area (Å²) in [6.07, 6.45) is 7.94. The molecule has 0 radical (unpaired) electrons. The van der Waals surface area contributed by atoms with Gasteiger partial charge in [0, 0.05) is 30.8 Å². The normalized spacial score (nSPS) is 13.8. The lowest BCUT2D eigenvalue weighted by molar-refractivity contribution is 0.636. The number of nitrogens with zero attached hydrogens (tertiary/aromatic N) is 3. The zero-order valence-electron chi connectivity index (χ0n) is 14.6. The molecule has 2 N–H and O–H groups in total. The second kappa shape index (κ2) is 9.20. The number of benzene rings is 1. The maximum atomic E-state index is 5.34. The molecule has 2 heterocycles. The average Bonchev–Trinajstić information content (AvgIpc) is 2.88. The van der Waals surface area contributed by atoms with E-state index in [1.54, 1.807) is 0 Å². The second-order valence-electron chi connectivity index (χ2n) is 6.21. The van der Waals surface area contributed by atoms with Gasteiger partial charge in [-0.2, -0.15) is 11.8 Å². The summed E-state index contributed by atoms with van der Waals surface area (Å²) in [5.74, 6) is 3.24. The first-order valence-electron chi connectivity index (χ1n) is 8.84. The molecule has 7 heteroatoms. The summed E-state index contributed by atoms with van der Waals surface area (Å²) in [7, 11) is 0. The SMILES string of the molecule is CSCCCNC(=S)Nc1ccc(-c2nnc3n2CCCCC3)cc1. The molecule has 5 nitrogen and oxygen atoms in total. The van der Waals surface area contributed by atoms with Crippen molar-refractivity contribution in [3.63, 3.8) is 0 Å². The minimum atomic E-state index is 0.671. The highest BCUT2D eigenvalue weighted by atomic mass is 32.2. The number of rotatable bonds is 6. The van der Waals surface area contributed by atoms with E-state index in [0.29, 0.717) is 5.11 Å². The zero-order chi connectivity index (χ0) is 17.5. The van der Waals surface area contributed by atoms with Crippen molar-refractivity contribution >= 4 is 34.8 Å². The number of hydrogen-bond donors (Lipinski definition) is 2. The molecular weight excluding hydrogens is 350 g/mol. The zero-order valence-corrected chi connectivity index (χ0v) is 16.3. The highest BCUT2D eigenvalue weighted by Crippen LogP contribution is 2.23. The molecule has 25 heavy (non-hydrogen) atoms. The van der Waals surface area contributed by atoms with Crippen molar-refractivity contribution in [1.82, 2.24) is 20.1 Å². The molecule has 1 aliphatic rings. The average molecular weight is 376 g/mol. The van der Waals surface area contributed by atoms with E-state index >= 15 is 0 Å². The van der Waals surface area contributed by atoms with Gasteiger partial charge in [0.05, 0.1) is 0 Å². The molecule has 0 amide bonds. The van der Waals surface area contributed by atoms with Crippen molar-refractivity contribution in [2.45, 2.75) is 38.6 Å². The van der Waals surface area contributed by atoms with Crippen molar-refractivity contribution in [2.75, 3.05) is 23.9 Å². The molecular formula is C18H25N5S2. The maximum Gasteiger partial charge on any atom is 0.170 e. The van der Waals surface area contributed by atoms with E-state index in [2.05, 4.69) is 43.8 Å². The van der Waals surface area contributed by atoms with E-state index in [1.807, 2.05) is 23.9 Å². The number of fused-ring (bicyclic) bond motifs is 1. The van der Waals surface area contributed by atoms with Crippen molar-refractivity contribution in [2.24, 2.45) is 0 Å². The summed E-state index contributed by atoms with van der Waals surface area (Å²) in [6, 6.07) is 8.26. The van der Waals surface area contributed by atoms with Gasteiger partial charge in [-0.05, 0) is 67.8 Å². The van der Waals surface area contributed by atoms with Crippen LogP contribution in [0.1, 0.15) is 31.5 Å². The van der Waals surface area contributed by atoms with E-state index in [0.717, 1.165) is 54.6 Å². The molecule has 3 rings (SSSR count). The summed E-state index contributed by atoms with van der Waals surface area (Å²) < 4.78 is 2.27. The Bertz CT molecular complexity index is 696. The number of hydrogen-bond acceptors (Lipinski definition) is 4. The predicted molar refractivity (Wildman–Crippen MR) is 110 cm³/mol. The van der Waals surface area contributed by atoms with E-state index in [4.69, 9.17) is 12.2 Å². The lowest BCUT2D eigenvalue weighted by Crippen LogP contribution is -2.29. The van der Waals surface area contributed by atoms with E-state index in [1.165, 1.54) is 19.3 Å². The van der Waals surface area contributed by atoms with Crippen molar-refractivity contribution in [1.29, 1.82) is 0 Å². The highest BCUT2D eigenvalue weighted by Gasteiger charge is 2.15. The summed E-state index contributed by atoms with van der Waals surface area (Å²) >= 11 is 7.19. The second-order valence-corrected chi connectivity index (χ2v) is 7.60. The maximum absolute atomic E-state index is 5.34. The van der Waals surface area contributed by atoms with Crippen LogP contribution in [0.3, 0.4) is 0 Å². The molecule has 0 unspecified atom stereocenters. The van der Waals surface area contributed by atoms with Crippen LogP contribution in [0.4, 0.5) is 5.69 Å². The lowest BCUT2D eigenvalue weighted by Gasteiger charge is -2.11. The van der Waals surface area contributed by atoms with Gasteiger partial charge in [0.25, 0.3) is 0 Å². The highest BCUT2D eigenvalue weighted by molar-refractivity contribution is 7.98. The Morgan fingerprint density at radius 1 is 1.20 bits per heavy atom. The van der Waals surface area contributed by atoms with E-state index < -0.39 is 0 Å². The van der Waals surface area contributed by atoms with Gasteiger partial charge in [-0.25, -0.2) is 0 Å². The van der Waals surface area contributed by atoms with Crippen LogP contribution in [0.5, 0.6) is 0 Å². The summed E-state index contributed by atoms with van der Waals surface area (Å²) in [6.45, 7) is 1.92. The van der Waals surface area contributed by atoms with Gasteiger partial charge in [0.2, 0.25) is 0 Å². The van der Waals surface area contributed by atoms with Gasteiger partial charge in [0.1, 0.15) is 5.82 Å². The summed E-state index contributed by atoms with van der Waals surface area (Å²) in [5, 5.41) is 15.9. The Balaban J connectivity index is 1.61. The monoisotopic (exact) mass is 375 g/mol. The molecule has 0 bridgehead atoms. The molecule has 0 saturated heterocycles. The van der Waals surface area contributed by atoms with Crippen LogP contribution < -0.4 is 10.6 Å². The number of aryl methyl sites for hydroxylation is 1. The molecule has 1 aromatic carbocycles. The van der Waals surface area contributed by atoms with Crippen LogP contribution in [-0.2, 0) is 13.0 Å². The third-order valence-electron chi connectivity index (χ3n) is 4.32. The van der Waals surface area contributed by atoms with E-state index in [9.17, 15) is 0 Å². The number of thioether (sulfide) groups is 1. The summed E-state index contributed by atoms with van der Waals surface area (Å²) in [5.41, 5.74) is 2.09. The van der Waals surface area contributed by atoms with Crippen LogP contribution in [0.15, 0.2) is 24.3 Å². The molecule has 0 aliphatic carbocycles. The van der Waals surface area contributed by atoms with Crippen LogP contribution in [0.2, 0.25) is 0 Å². The predicted octanol–water partition coefficient (Wildman–Crippen LogP) is 3.71. The molecule has 0 saturated carbocycles. The fraction of sp³-hybridized carbons (Fsp3) is 0.500. The Morgan fingerprint density at radius 3 is 2.84 bits per heavy atom. The molecule has 0 atom stereocenters. The summed E-state index contributed by atoms with van der Waals surface area (Å²) in [4.78, 5) is 0. The van der Waals surface area contributed by atoms with Gasteiger partial charge in [-0.1, -0.05) is 6.42 Å². The van der Waals surface area contributed by atoms with Crippen molar-refractivity contribution in [3.05, 3.63) is 30.1 Å². The third-order valence-corrected chi connectivity index (χ3v) is 5.26. The Kier molecular flexibility index (Phi) is 6.69. The fourth-order valence-electron chi connectivity index (χ4n) is 2.99. The van der Waals surface area contributed by atoms with Crippen LogP contribution in [-0.4, -0.2) is 38.4 Å². The number of anilines is 1. The largest absolute Gasteiger partial charge is 0.362 e. The molecule has 0 spiro atoms. The van der Waals surface area contributed by atoms with Gasteiger partial charge >= 0.3 is 0 Å². The molecule has 134 valence electrons. The lowest BCUT2D eigenvalue weighted by atomic mass is 10.2. The Labute approximate surface area is 159 Å². The minimum Gasteiger partial charge on any atom is -0.362 e. The Morgan fingerprint density at radius 2 is 2.04 bits per heavy atom. The molecule has 2 aromatic rings. The first-order valence-corrected chi connectivity index (χ1v) is 10.6.